The van der Waals surface area contributed by atoms with Gasteiger partial charge in [-0.15, -0.1) is 0 Å². The summed E-state index contributed by atoms with van der Waals surface area (Å²) >= 11 is 0. The van der Waals surface area contributed by atoms with Crippen molar-refractivity contribution in [3.63, 3.8) is 0 Å². The largest absolute Gasteiger partial charge is 0.497 e. The SMILES string of the molecule is COc1ccc(C(=O)CCCCCC(=O)CCOCC(COCCC(=O)NCCCNC(=O)c2ccc(CO)cc2)(COCCC(=O)NCCCNC(=O)c2ccc(CO)cc2)NC(=O)CCCCCCCCCCC(=O)C(C)(C)C)cc1. The van der Waals surface area contributed by atoms with Crippen molar-refractivity contribution in [2.75, 3.05) is 72.9 Å². The van der Waals surface area contributed by atoms with Gasteiger partial charge in [0.25, 0.3) is 11.8 Å². The molecule has 5 amide bonds. The van der Waals surface area contributed by atoms with Crippen LogP contribution in [0.25, 0.3) is 0 Å². The molecule has 3 rings (SSSR count). The predicted molar refractivity (Wildman–Crippen MR) is 318 cm³/mol. The summed E-state index contributed by atoms with van der Waals surface area (Å²) in [7, 11) is 1.57. The summed E-state index contributed by atoms with van der Waals surface area (Å²) in [4.78, 5) is 103. The fourth-order valence-electron chi connectivity index (χ4n) is 8.69. The number of unbranched alkanes of at least 4 members (excludes halogenated alkanes) is 9. The maximum Gasteiger partial charge on any atom is 0.251 e. The molecule has 19 heteroatoms. The van der Waals surface area contributed by atoms with E-state index in [4.69, 9.17) is 18.9 Å². The molecule has 3 aromatic carbocycles. The number of Topliss-reactive ketones (excluding diaryl/α,β-unsaturated/α-hetero) is 3. The van der Waals surface area contributed by atoms with Crippen molar-refractivity contribution in [3.8, 4) is 5.75 Å². The van der Waals surface area contributed by atoms with E-state index >= 15 is 0 Å². The standard InChI is InChI=1S/C64H95N5O14/c1-63(2,3)57(74)20-14-9-7-5-6-8-10-15-21-60(77)69-64(46-81-41-34-54(72)18-12-11-13-19-56(73)51-30-32-55(80-4)33-31-51,47-82-42-35-58(75)65-37-16-39-67-61(78)52-26-22-49(44-70)23-27-52)48-83-43-36-59(76)66-38-17-40-68-62(79)53-28-24-50(45-71)25-29-53/h22-33,70-71H,5-21,34-48H2,1-4H3,(H,65,75)(H,66,76)(H,67,78)(H,68,79)(H,69,77). The van der Waals surface area contributed by atoms with Crippen LogP contribution in [0.5, 0.6) is 5.75 Å². The number of hydrogen-bond donors (Lipinski definition) is 7. The first kappa shape index (κ1) is 70.9. The highest BCUT2D eigenvalue weighted by Gasteiger charge is 2.34. The van der Waals surface area contributed by atoms with E-state index in [-0.39, 0.29) is 131 Å². The summed E-state index contributed by atoms with van der Waals surface area (Å²) < 4.78 is 23.5. The maximum atomic E-state index is 13.8. The van der Waals surface area contributed by atoms with Crippen molar-refractivity contribution in [3.05, 3.63) is 101 Å². The number of aliphatic hydroxyl groups is 2. The minimum absolute atomic E-state index is 0.00390. The molecule has 19 nitrogen and oxygen atoms in total. The molecule has 83 heavy (non-hydrogen) atoms. The predicted octanol–water partition coefficient (Wildman–Crippen LogP) is 7.85. The molecule has 0 bridgehead atoms. The van der Waals surface area contributed by atoms with Crippen molar-refractivity contribution in [1.29, 1.82) is 0 Å². The molecule has 0 heterocycles. The quantitative estimate of drug-likeness (QED) is 0.0210. The number of carbonyl (C=O) groups is 8. The third-order valence-corrected chi connectivity index (χ3v) is 13.9. The molecule has 0 radical (unpaired) electrons. The fourth-order valence-corrected chi connectivity index (χ4v) is 8.69. The summed E-state index contributed by atoms with van der Waals surface area (Å²) in [5.41, 5.74) is 1.34. The van der Waals surface area contributed by atoms with Crippen LogP contribution >= 0.6 is 0 Å². The average Bonchev–Trinajstić information content (AvgIpc) is 3.57. The van der Waals surface area contributed by atoms with Crippen LogP contribution in [-0.2, 0) is 51.4 Å². The van der Waals surface area contributed by atoms with Gasteiger partial charge in [0.05, 0.1) is 60.0 Å². The molecule has 0 fully saturated rings. The summed E-state index contributed by atoms with van der Waals surface area (Å²) in [6.45, 7) is 6.56. The van der Waals surface area contributed by atoms with Gasteiger partial charge in [0.2, 0.25) is 17.7 Å². The van der Waals surface area contributed by atoms with Crippen molar-refractivity contribution >= 4 is 46.9 Å². The van der Waals surface area contributed by atoms with Crippen molar-refractivity contribution < 1.29 is 67.5 Å². The molecule has 0 aliphatic heterocycles. The van der Waals surface area contributed by atoms with E-state index in [1.165, 1.54) is 0 Å². The first-order valence-corrected chi connectivity index (χ1v) is 29.7. The summed E-state index contributed by atoms with van der Waals surface area (Å²) in [6.07, 6.45) is 12.0. The Morgan fingerprint density at radius 1 is 0.422 bits per heavy atom. The first-order valence-electron chi connectivity index (χ1n) is 29.7. The summed E-state index contributed by atoms with van der Waals surface area (Å²) in [5, 5.41) is 33.0. The number of hydrogen-bond acceptors (Lipinski definition) is 14. The van der Waals surface area contributed by atoms with Gasteiger partial charge >= 0.3 is 0 Å². The van der Waals surface area contributed by atoms with Gasteiger partial charge in [-0.2, -0.15) is 0 Å². The van der Waals surface area contributed by atoms with Crippen LogP contribution in [0, 0.1) is 5.41 Å². The second kappa shape index (κ2) is 41.6. The normalized spacial score (nSPS) is 11.4. The van der Waals surface area contributed by atoms with Crippen LogP contribution in [0.4, 0.5) is 0 Å². The minimum atomic E-state index is -1.27. The average molecular weight is 1160 g/mol. The van der Waals surface area contributed by atoms with Crippen molar-refractivity contribution in [1.82, 2.24) is 26.6 Å². The Hall–Kier alpha value is -6.38. The number of methoxy groups -OCH3 is 1. The van der Waals surface area contributed by atoms with Crippen LogP contribution in [-0.4, -0.2) is 136 Å². The van der Waals surface area contributed by atoms with Gasteiger partial charge in [-0.25, -0.2) is 0 Å². The van der Waals surface area contributed by atoms with E-state index in [1.807, 2.05) is 20.8 Å². The van der Waals surface area contributed by atoms with Gasteiger partial charge < -0.3 is 55.7 Å². The monoisotopic (exact) mass is 1160 g/mol. The number of aliphatic hydroxyl groups excluding tert-OH is 2. The maximum absolute atomic E-state index is 13.8. The zero-order chi connectivity index (χ0) is 60.6. The van der Waals surface area contributed by atoms with Crippen molar-refractivity contribution in [2.24, 2.45) is 5.41 Å². The van der Waals surface area contributed by atoms with Gasteiger partial charge in [-0.05, 0) is 98.2 Å². The van der Waals surface area contributed by atoms with E-state index < -0.39 is 5.54 Å². The third kappa shape index (κ3) is 31.7. The molecule has 3 aromatic rings. The highest BCUT2D eigenvalue weighted by molar-refractivity contribution is 5.96. The Labute approximate surface area is 491 Å². The molecule has 0 atom stereocenters. The summed E-state index contributed by atoms with van der Waals surface area (Å²) in [5.74, 6) is -0.364. The molecule has 0 aliphatic rings. The second-order valence-corrected chi connectivity index (χ2v) is 22.1. The third-order valence-electron chi connectivity index (χ3n) is 13.9. The zero-order valence-corrected chi connectivity index (χ0v) is 49.8. The van der Waals surface area contributed by atoms with Crippen LogP contribution in [0.1, 0.15) is 191 Å². The number of ketones is 3. The molecule has 460 valence electrons. The van der Waals surface area contributed by atoms with Gasteiger partial charge in [0.1, 0.15) is 22.9 Å². The zero-order valence-electron chi connectivity index (χ0n) is 49.8. The van der Waals surface area contributed by atoms with E-state index in [0.29, 0.717) is 118 Å². The first-order chi connectivity index (χ1) is 40.0. The van der Waals surface area contributed by atoms with Gasteiger partial charge in [0, 0.05) is 93.2 Å². The van der Waals surface area contributed by atoms with Crippen LogP contribution in [0.3, 0.4) is 0 Å². The van der Waals surface area contributed by atoms with Crippen LogP contribution < -0.4 is 31.3 Å². The van der Waals surface area contributed by atoms with E-state index in [1.54, 1.807) is 79.9 Å². The van der Waals surface area contributed by atoms with Gasteiger partial charge in [0.15, 0.2) is 5.78 Å². The topological polar surface area (TPSA) is 274 Å². The Bertz CT molecular complexity index is 2170. The van der Waals surface area contributed by atoms with E-state index in [2.05, 4.69) is 26.6 Å². The molecule has 0 saturated carbocycles. The van der Waals surface area contributed by atoms with E-state index in [0.717, 1.165) is 44.9 Å². The smallest absolute Gasteiger partial charge is 0.251 e. The molecule has 0 unspecified atom stereocenters. The van der Waals surface area contributed by atoms with Crippen LogP contribution in [0.15, 0.2) is 72.8 Å². The number of rotatable bonds is 47. The van der Waals surface area contributed by atoms with Crippen LogP contribution in [0.2, 0.25) is 0 Å². The number of amides is 5. The molecule has 7 N–H and O–H groups in total. The Kier molecular flexibility index (Phi) is 35.5. The van der Waals surface area contributed by atoms with E-state index in [9.17, 15) is 48.6 Å². The lowest BCUT2D eigenvalue weighted by Gasteiger charge is -2.34. The lowest BCUT2D eigenvalue weighted by atomic mass is 9.88. The van der Waals surface area contributed by atoms with Gasteiger partial charge in [-0.1, -0.05) is 90.0 Å². The molecule has 0 aromatic heterocycles. The lowest BCUT2D eigenvalue weighted by Crippen LogP contribution is -2.58. The number of nitrogens with one attached hydrogen (secondary N) is 5. The summed E-state index contributed by atoms with van der Waals surface area (Å²) in [6, 6.07) is 20.2. The van der Waals surface area contributed by atoms with Crippen molar-refractivity contribution in [2.45, 2.75) is 168 Å². The molecule has 0 saturated heterocycles. The Balaban J connectivity index is 1.57. The Morgan fingerprint density at radius 3 is 1.28 bits per heavy atom. The number of carbonyl (C=O) groups excluding carboxylic acids is 8. The lowest BCUT2D eigenvalue weighted by molar-refractivity contribution is -0.130. The number of ether oxygens (including phenoxy) is 4. The minimum Gasteiger partial charge on any atom is -0.497 e. The highest BCUT2D eigenvalue weighted by Crippen LogP contribution is 2.20. The molecule has 0 aliphatic carbocycles. The fraction of sp³-hybridized carbons (Fsp3) is 0.594. The molecular formula is C64H95N5O14. The molecular weight excluding hydrogens is 1060 g/mol. The second-order valence-electron chi connectivity index (χ2n) is 22.1. The molecule has 0 spiro atoms. The highest BCUT2D eigenvalue weighted by atomic mass is 16.5. The number of benzene rings is 3. The van der Waals surface area contributed by atoms with Gasteiger partial charge in [-0.3, -0.25) is 38.4 Å². The Morgan fingerprint density at radius 2 is 0.819 bits per heavy atom.